The lowest BCUT2D eigenvalue weighted by Crippen LogP contribution is -2.18. The van der Waals surface area contributed by atoms with Gasteiger partial charge >= 0.3 is 5.97 Å². The summed E-state index contributed by atoms with van der Waals surface area (Å²) in [6.07, 6.45) is 8.55. The van der Waals surface area contributed by atoms with Crippen molar-refractivity contribution in [3.05, 3.63) is 94.4 Å². The van der Waals surface area contributed by atoms with E-state index in [-0.39, 0.29) is 11.8 Å². The number of carbonyl (C=O) groups excluding carboxylic acids is 2. The smallest absolute Gasteiger partial charge is 0.328 e. The number of carboxylic acids is 1. The van der Waals surface area contributed by atoms with Crippen LogP contribution < -0.4 is 5.32 Å². The molecule has 206 valence electrons. The summed E-state index contributed by atoms with van der Waals surface area (Å²) in [7, 11) is 0. The number of hydrogen-bond acceptors (Lipinski definition) is 5. The molecule has 0 saturated carbocycles. The van der Waals surface area contributed by atoms with E-state index in [4.69, 9.17) is 21.2 Å². The van der Waals surface area contributed by atoms with Gasteiger partial charge in [0, 0.05) is 40.7 Å². The summed E-state index contributed by atoms with van der Waals surface area (Å²) >= 11 is 6.30. The maximum absolute atomic E-state index is 14.4. The van der Waals surface area contributed by atoms with Gasteiger partial charge in [-0.25, -0.2) is 4.79 Å². The number of carboxylic acid groups (broad SMARTS) is 1. The fourth-order valence-corrected chi connectivity index (χ4v) is 5.41. The minimum atomic E-state index is -1.06. The third kappa shape index (κ3) is 5.92. The summed E-state index contributed by atoms with van der Waals surface area (Å²) in [5.74, 6) is -1.17. The number of amides is 1. The molecule has 1 unspecified atom stereocenters. The van der Waals surface area contributed by atoms with E-state index in [1.807, 2.05) is 26.0 Å². The van der Waals surface area contributed by atoms with Crippen LogP contribution in [0.5, 0.6) is 0 Å². The van der Waals surface area contributed by atoms with E-state index >= 15 is 0 Å². The Morgan fingerprint density at radius 2 is 1.95 bits per heavy atom. The average molecular weight is 560 g/mol. The van der Waals surface area contributed by atoms with Gasteiger partial charge in [-0.3, -0.25) is 14.2 Å². The van der Waals surface area contributed by atoms with E-state index in [2.05, 4.69) is 17.1 Å². The van der Waals surface area contributed by atoms with Crippen LogP contribution in [0.2, 0.25) is 5.02 Å². The van der Waals surface area contributed by atoms with Crippen molar-refractivity contribution in [1.82, 2.24) is 15.0 Å². The van der Waals surface area contributed by atoms with Gasteiger partial charge in [0.1, 0.15) is 11.3 Å². The molecule has 4 aromatic rings. The number of allylic oxidation sites excluding steroid dienone is 1. The van der Waals surface area contributed by atoms with Crippen molar-refractivity contribution < 1.29 is 24.0 Å². The summed E-state index contributed by atoms with van der Waals surface area (Å²) in [6, 6.07) is 10.8. The van der Waals surface area contributed by atoms with Gasteiger partial charge in [-0.05, 0) is 80.1 Å². The Balaban J connectivity index is 1.92. The Morgan fingerprint density at radius 3 is 2.62 bits per heavy atom. The van der Waals surface area contributed by atoms with Crippen LogP contribution in [-0.2, 0) is 9.59 Å². The Morgan fingerprint density at radius 1 is 1.20 bits per heavy atom. The quantitative estimate of drug-likeness (QED) is 0.0881. The Hall–Kier alpha value is -4.43. The van der Waals surface area contributed by atoms with Crippen LogP contribution in [-0.4, -0.2) is 39.7 Å². The molecule has 0 radical (unpaired) electrons. The molecule has 40 heavy (non-hydrogen) atoms. The number of rotatable bonds is 12. The summed E-state index contributed by atoms with van der Waals surface area (Å²) < 4.78 is 7.49. The number of aryl methyl sites for hydroxylation is 2. The van der Waals surface area contributed by atoms with Crippen LogP contribution in [0.15, 0.2) is 65.8 Å². The molecule has 2 aromatic heterocycles. The largest absolute Gasteiger partial charge is 0.478 e. The molecule has 0 aliphatic heterocycles. The number of hydrogen-bond donors (Lipinski definition) is 2. The molecule has 8 nitrogen and oxygen atoms in total. The van der Waals surface area contributed by atoms with Crippen LogP contribution in [0.25, 0.3) is 28.2 Å². The highest BCUT2D eigenvalue weighted by atomic mass is 35.5. The van der Waals surface area contributed by atoms with Crippen molar-refractivity contribution in [3.63, 3.8) is 0 Å². The number of halogens is 1. The van der Waals surface area contributed by atoms with Gasteiger partial charge in [-0.2, -0.15) is 0 Å². The Labute approximate surface area is 236 Å². The number of nitrogens with zero attached hydrogens (tertiary/aromatic N) is 2. The molecule has 1 amide bonds. The standard InChI is InChI=1S/C31H30ClN3O5/c1-4-5-7-22(12-14-33-18-36)30-28(29(34-40-30)27-19(2)16-23(32)17-20(27)3)31(39)35-15-13-24-21(10-11-26(37)38)8-6-9-25(24)35/h4,6,8-11,13,15-18,22H,1,5,7,12,14H2,2-3H3,(H,33,36)(H,37,38)/b11-10+. The van der Waals surface area contributed by atoms with Crippen molar-refractivity contribution in [2.24, 2.45) is 0 Å². The summed E-state index contributed by atoms with van der Waals surface area (Å²) in [5, 5.41) is 17.5. The van der Waals surface area contributed by atoms with E-state index in [0.29, 0.717) is 65.3 Å². The molecule has 0 saturated heterocycles. The highest BCUT2D eigenvalue weighted by Gasteiger charge is 2.31. The predicted molar refractivity (Wildman–Crippen MR) is 156 cm³/mol. The average Bonchev–Trinajstić information content (AvgIpc) is 3.54. The molecule has 2 N–H and O–H groups in total. The zero-order valence-corrected chi connectivity index (χ0v) is 23.1. The molecule has 0 aliphatic carbocycles. The number of fused-ring (bicyclic) bond motifs is 1. The van der Waals surface area contributed by atoms with Gasteiger partial charge in [0.05, 0.1) is 5.52 Å². The topological polar surface area (TPSA) is 114 Å². The van der Waals surface area contributed by atoms with E-state index in [1.165, 1.54) is 10.6 Å². The fraction of sp³-hybridized carbons (Fsp3) is 0.226. The summed E-state index contributed by atoms with van der Waals surface area (Å²) in [4.78, 5) is 36.4. The Kier molecular flexibility index (Phi) is 9.01. The zero-order chi connectivity index (χ0) is 28.8. The number of nitrogens with one attached hydrogen (secondary N) is 1. The van der Waals surface area contributed by atoms with E-state index in [0.717, 1.165) is 28.2 Å². The second-order valence-corrected chi connectivity index (χ2v) is 9.99. The first-order valence-corrected chi connectivity index (χ1v) is 13.2. The van der Waals surface area contributed by atoms with Gasteiger partial charge in [-0.15, -0.1) is 6.58 Å². The normalized spacial score (nSPS) is 12.1. The Bertz CT molecular complexity index is 1590. The zero-order valence-electron chi connectivity index (χ0n) is 22.3. The minimum Gasteiger partial charge on any atom is -0.478 e. The van der Waals surface area contributed by atoms with Gasteiger partial charge in [0.25, 0.3) is 5.91 Å². The number of carbonyl (C=O) groups is 3. The molecule has 1 atom stereocenters. The maximum atomic E-state index is 14.4. The highest BCUT2D eigenvalue weighted by Crippen LogP contribution is 2.38. The van der Waals surface area contributed by atoms with Crippen molar-refractivity contribution in [3.8, 4) is 11.3 Å². The molecular weight excluding hydrogens is 530 g/mol. The molecule has 0 aliphatic rings. The van der Waals surface area contributed by atoms with Gasteiger partial charge < -0.3 is 14.9 Å². The van der Waals surface area contributed by atoms with Crippen LogP contribution in [0, 0.1) is 13.8 Å². The monoisotopic (exact) mass is 559 g/mol. The molecule has 0 spiro atoms. The van der Waals surface area contributed by atoms with Gasteiger partial charge in [0.15, 0.2) is 5.76 Å². The van der Waals surface area contributed by atoms with E-state index < -0.39 is 5.97 Å². The first-order valence-electron chi connectivity index (χ1n) is 12.9. The van der Waals surface area contributed by atoms with Crippen molar-refractivity contribution in [1.29, 1.82) is 0 Å². The fourth-order valence-electron chi connectivity index (χ4n) is 5.08. The summed E-state index contributed by atoms with van der Waals surface area (Å²) in [6.45, 7) is 8.05. The lowest BCUT2D eigenvalue weighted by molar-refractivity contribution is -0.131. The third-order valence-electron chi connectivity index (χ3n) is 6.87. The van der Waals surface area contributed by atoms with Crippen LogP contribution in [0.3, 0.4) is 0 Å². The number of aromatic nitrogens is 2. The number of aliphatic carboxylic acids is 1. The first-order chi connectivity index (χ1) is 19.3. The molecule has 2 heterocycles. The number of benzene rings is 2. The molecule has 0 fully saturated rings. The van der Waals surface area contributed by atoms with Crippen LogP contribution in [0.1, 0.15) is 58.0 Å². The van der Waals surface area contributed by atoms with Crippen molar-refractivity contribution in [2.75, 3.05) is 6.54 Å². The molecule has 9 heteroatoms. The van der Waals surface area contributed by atoms with Crippen molar-refractivity contribution in [2.45, 2.75) is 39.0 Å². The molecule has 0 bridgehead atoms. The van der Waals surface area contributed by atoms with Crippen LogP contribution >= 0.6 is 11.6 Å². The van der Waals surface area contributed by atoms with Crippen LogP contribution in [0.4, 0.5) is 0 Å². The molecule has 4 rings (SSSR count). The van der Waals surface area contributed by atoms with E-state index in [1.54, 1.807) is 36.5 Å². The van der Waals surface area contributed by atoms with Gasteiger partial charge in [0.2, 0.25) is 6.41 Å². The molecule has 2 aromatic carbocycles. The lowest BCUT2D eigenvalue weighted by Gasteiger charge is -2.16. The molecular formula is C31H30ClN3O5. The second kappa shape index (κ2) is 12.6. The lowest BCUT2D eigenvalue weighted by atomic mass is 9.90. The van der Waals surface area contributed by atoms with E-state index in [9.17, 15) is 14.4 Å². The highest BCUT2D eigenvalue weighted by molar-refractivity contribution is 6.30. The third-order valence-corrected chi connectivity index (χ3v) is 7.09. The second-order valence-electron chi connectivity index (χ2n) is 9.55. The SMILES string of the molecule is C=CCCC(CCNC=O)c1onc(-c2c(C)cc(Cl)cc2C)c1C(=O)n1ccc2c(/C=C/C(=O)O)cccc21. The maximum Gasteiger partial charge on any atom is 0.328 e. The minimum absolute atomic E-state index is 0.213. The van der Waals surface area contributed by atoms with Gasteiger partial charge in [-0.1, -0.05) is 35.0 Å². The first kappa shape index (κ1) is 28.6. The van der Waals surface area contributed by atoms with Crippen molar-refractivity contribution >= 4 is 46.9 Å². The summed E-state index contributed by atoms with van der Waals surface area (Å²) in [5.41, 5.74) is 4.50. The predicted octanol–water partition coefficient (Wildman–Crippen LogP) is 6.54.